The Balaban J connectivity index is 2.42. The molecule has 7 nitrogen and oxygen atoms in total. The van der Waals surface area contributed by atoms with Crippen molar-refractivity contribution in [3.05, 3.63) is 17.7 Å². The van der Waals surface area contributed by atoms with E-state index in [1.54, 1.807) is 6.07 Å². The molecule has 0 saturated carbocycles. The minimum absolute atomic E-state index is 0.0813. The Morgan fingerprint density at radius 1 is 1.12 bits per heavy atom. The van der Waals surface area contributed by atoms with Crippen LogP contribution in [0.1, 0.15) is 24.8 Å². The number of esters is 2. The zero-order valence-corrected chi connectivity index (χ0v) is 14.3. The molecule has 25 heavy (non-hydrogen) atoms. The molecule has 0 spiro atoms. The van der Waals surface area contributed by atoms with Crippen LogP contribution < -0.4 is 15.7 Å². The second kappa shape index (κ2) is 9.67. The first-order valence-corrected chi connectivity index (χ1v) is 8.92. The predicted molar refractivity (Wildman–Crippen MR) is 93.5 cm³/mol. The summed E-state index contributed by atoms with van der Waals surface area (Å²) < 4.78 is 39.2. The van der Waals surface area contributed by atoms with Crippen LogP contribution >= 0.6 is 0 Å². The summed E-state index contributed by atoms with van der Waals surface area (Å²) in [5.74, 6) is -1.85. The van der Waals surface area contributed by atoms with E-state index in [1.165, 1.54) is 6.07 Å². The maximum absolute atomic E-state index is 11.8. The van der Waals surface area contributed by atoms with E-state index in [1.807, 2.05) is 0 Å². The highest BCUT2D eigenvalue weighted by molar-refractivity contribution is 7.85. The number of hydrogen-bond donors (Lipinski definition) is 1. The summed E-state index contributed by atoms with van der Waals surface area (Å²) in [6.45, 7) is -0.454. The second-order valence-electron chi connectivity index (χ2n) is 5.14. The van der Waals surface area contributed by atoms with Gasteiger partial charge in [-0.3, -0.25) is 14.1 Å². The summed E-state index contributed by atoms with van der Waals surface area (Å²) in [6, 6.07) is 2.99. The van der Waals surface area contributed by atoms with Crippen molar-refractivity contribution in [3.63, 3.8) is 0 Å². The lowest BCUT2D eigenvalue weighted by atomic mass is 9.81. The van der Waals surface area contributed by atoms with Gasteiger partial charge in [0.25, 0.3) is 10.1 Å². The van der Waals surface area contributed by atoms with Gasteiger partial charge < -0.3 is 9.47 Å². The van der Waals surface area contributed by atoms with Crippen LogP contribution in [0.2, 0.25) is 0 Å². The quantitative estimate of drug-likeness (QED) is 0.246. The first kappa shape index (κ1) is 21.3. The fourth-order valence-electron chi connectivity index (χ4n) is 1.89. The number of hydrogen-bond acceptors (Lipinski definition) is 6. The minimum atomic E-state index is -4.18. The number of rotatable bonds is 9. The SMILES string of the molecule is [B]Cc1cc([B])cc([B])c1OC(=O)CCCC(=O)OCCS(=O)(=O)O. The molecule has 1 aromatic rings. The van der Waals surface area contributed by atoms with E-state index in [0.717, 1.165) is 0 Å². The van der Waals surface area contributed by atoms with Crippen LogP contribution in [0.25, 0.3) is 0 Å². The van der Waals surface area contributed by atoms with E-state index in [4.69, 9.17) is 32.8 Å². The van der Waals surface area contributed by atoms with Crippen molar-refractivity contribution in [1.29, 1.82) is 0 Å². The van der Waals surface area contributed by atoms with Crippen LogP contribution in [0.15, 0.2) is 12.1 Å². The average molecular weight is 360 g/mol. The minimum Gasteiger partial charge on any atom is -0.464 e. The van der Waals surface area contributed by atoms with E-state index in [0.29, 0.717) is 11.0 Å². The molecule has 0 atom stereocenters. The van der Waals surface area contributed by atoms with Crippen molar-refractivity contribution in [3.8, 4) is 5.75 Å². The highest BCUT2D eigenvalue weighted by Crippen LogP contribution is 2.15. The Morgan fingerprint density at radius 3 is 2.36 bits per heavy atom. The molecular formula is C14H15B3O7S. The third-order valence-corrected chi connectivity index (χ3v) is 3.70. The van der Waals surface area contributed by atoms with Crippen molar-refractivity contribution < 1.29 is 32.0 Å². The van der Waals surface area contributed by atoms with Gasteiger partial charge in [-0.2, -0.15) is 8.42 Å². The first-order valence-electron chi connectivity index (χ1n) is 7.31. The Bertz CT molecular complexity index is 734. The Labute approximate surface area is 150 Å². The lowest BCUT2D eigenvalue weighted by Crippen LogP contribution is -2.22. The molecule has 1 rings (SSSR count). The predicted octanol–water partition coefficient (Wildman–Crippen LogP) is -1.55. The maximum atomic E-state index is 11.8. The molecule has 0 amide bonds. The molecule has 0 fully saturated rings. The van der Waals surface area contributed by atoms with Gasteiger partial charge in [0.05, 0.1) is 7.85 Å². The summed E-state index contributed by atoms with van der Waals surface area (Å²) in [4.78, 5) is 23.2. The summed E-state index contributed by atoms with van der Waals surface area (Å²) in [7, 11) is 12.8. The summed E-state index contributed by atoms with van der Waals surface area (Å²) in [5.41, 5.74) is 1.05. The standard InChI is InChI=1S/C14H15B3O7S/c15-8-9-6-10(16)7-11(17)14(9)24-13(19)3-1-2-12(18)23-4-5-25(20,21)22/h6-7H,1-5,8H2,(H,20,21,22). The third kappa shape index (κ3) is 8.26. The van der Waals surface area contributed by atoms with Gasteiger partial charge in [0, 0.05) is 12.8 Å². The van der Waals surface area contributed by atoms with Gasteiger partial charge in [0.15, 0.2) is 0 Å². The molecule has 0 bridgehead atoms. The summed E-state index contributed by atoms with van der Waals surface area (Å²) in [5, 5.41) is 0. The van der Waals surface area contributed by atoms with Crippen molar-refractivity contribution in [2.24, 2.45) is 0 Å². The van der Waals surface area contributed by atoms with E-state index in [9.17, 15) is 18.0 Å². The van der Waals surface area contributed by atoms with E-state index >= 15 is 0 Å². The zero-order valence-electron chi connectivity index (χ0n) is 13.4. The second-order valence-corrected chi connectivity index (χ2v) is 6.71. The number of carbonyl (C=O) groups excluding carboxylic acids is 2. The third-order valence-electron chi connectivity index (χ3n) is 3.02. The number of ether oxygens (including phenoxy) is 2. The van der Waals surface area contributed by atoms with Gasteiger partial charge in [-0.15, -0.1) is 0 Å². The highest BCUT2D eigenvalue weighted by atomic mass is 32.2. The van der Waals surface area contributed by atoms with Crippen LogP contribution in [-0.4, -0.2) is 60.8 Å². The molecule has 0 aliphatic rings. The van der Waals surface area contributed by atoms with Gasteiger partial charge >= 0.3 is 11.9 Å². The van der Waals surface area contributed by atoms with Crippen molar-refractivity contribution in [2.75, 3.05) is 12.4 Å². The van der Waals surface area contributed by atoms with Gasteiger partial charge in [-0.05, 0) is 12.0 Å². The fourth-order valence-corrected chi connectivity index (χ4v) is 2.18. The van der Waals surface area contributed by atoms with Crippen molar-refractivity contribution in [1.82, 2.24) is 0 Å². The molecule has 0 heterocycles. The van der Waals surface area contributed by atoms with Crippen LogP contribution in [-0.2, 0) is 30.8 Å². The van der Waals surface area contributed by atoms with E-state index in [2.05, 4.69) is 4.74 Å². The Kier molecular flexibility index (Phi) is 8.24. The average Bonchev–Trinajstić information content (AvgIpc) is 2.48. The lowest BCUT2D eigenvalue weighted by Gasteiger charge is -2.13. The van der Waals surface area contributed by atoms with Gasteiger partial charge in [-0.1, -0.05) is 29.4 Å². The molecule has 0 unspecified atom stereocenters. The molecular weight excluding hydrogens is 345 g/mol. The molecule has 0 saturated heterocycles. The molecule has 128 valence electrons. The number of carbonyl (C=O) groups is 2. The smallest absolute Gasteiger partial charge is 0.311 e. The largest absolute Gasteiger partial charge is 0.464 e. The molecule has 11 heteroatoms. The Morgan fingerprint density at radius 2 is 1.76 bits per heavy atom. The monoisotopic (exact) mass is 360 g/mol. The van der Waals surface area contributed by atoms with Crippen molar-refractivity contribution in [2.45, 2.75) is 25.6 Å². The van der Waals surface area contributed by atoms with E-state index in [-0.39, 0.29) is 36.8 Å². The number of benzene rings is 1. The van der Waals surface area contributed by atoms with Crippen molar-refractivity contribution >= 4 is 56.5 Å². The fraction of sp³-hybridized carbons (Fsp3) is 0.429. The van der Waals surface area contributed by atoms with Crippen LogP contribution in [0.3, 0.4) is 0 Å². The van der Waals surface area contributed by atoms with Crippen LogP contribution in [0, 0.1) is 0 Å². The Hall–Kier alpha value is -1.74. The highest BCUT2D eigenvalue weighted by Gasteiger charge is 2.13. The molecule has 0 aliphatic carbocycles. The van der Waals surface area contributed by atoms with Gasteiger partial charge in [0.2, 0.25) is 0 Å². The first-order chi connectivity index (χ1) is 11.6. The normalized spacial score (nSPS) is 11.1. The van der Waals surface area contributed by atoms with E-state index < -0.39 is 34.4 Å². The molecule has 1 aromatic carbocycles. The molecule has 1 N–H and O–H groups in total. The van der Waals surface area contributed by atoms with Crippen LogP contribution in [0.4, 0.5) is 0 Å². The maximum Gasteiger partial charge on any atom is 0.311 e. The molecule has 0 aliphatic heterocycles. The van der Waals surface area contributed by atoms with Gasteiger partial charge in [-0.25, -0.2) is 0 Å². The molecule has 6 radical (unpaired) electrons. The van der Waals surface area contributed by atoms with Crippen LogP contribution in [0.5, 0.6) is 5.75 Å². The summed E-state index contributed by atoms with van der Waals surface area (Å²) >= 11 is 0. The van der Waals surface area contributed by atoms with Gasteiger partial charge in [0.1, 0.15) is 33.8 Å². The summed E-state index contributed by atoms with van der Waals surface area (Å²) in [6.07, 6.45) is 0.0249. The topological polar surface area (TPSA) is 107 Å². The lowest BCUT2D eigenvalue weighted by molar-refractivity contribution is -0.143. The zero-order chi connectivity index (χ0) is 19.0. The molecule has 0 aromatic heterocycles.